The van der Waals surface area contributed by atoms with Crippen LogP contribution < -0.4 is 15.4 Å². The monoisotopic (exact) mass is 372 g/mol. The molecule has 5 heteroatoms. The van der Waals surface area contributed by atoms with Crippen LogP contribution in [0.5, 0.6) is 5.75 Å². The molecule has 2 aromatic carbocycles. The second-order valence-electron chi connectivity index (χ2n) is 7.64. The maximum absolute atomic E-state index is 12.9. The highest BCUT2D eigenvalue weighted by Gasteiger charge is 2.13. The fourth-order valence-corrected chi connectivity index (χ4v) is 2.62. The molecule has 0 heterocycles. The Hall–Kier alpha value is -2.40. The second-order valence-corrected chi connectivity index (χ2v) is 7.64. The molecule has 27 heavy (non-hydrogen) atoms. The molecule has 0 aliphatic heterocycles. The lowest BCUT2D eigenvalue weighted by atomic mass is 9.87. The highest BCUT2D eigenvalue weighted by atomic mass is 19.1. The van der Waals surface area contributed by atoms with Gasteiger partial charge in [0.15, 0.2) is 0 Å². The van der Waals surface area contributed by atoms with Crippen molar-refractivity contribution in [1.82, 2.24) is 10.6 Å². The molecule has 146 valence electrons. The number of carbonyl (C=O) groups is 1. The van der Waals surface area contributed by atoms with Gasteiger partial charge >= 0.3 is 0 Å². The highest BCUT2D eigenvalue weighted by Crippen LogP contribution is 2.24. The first kappa shape index (κ1) is 20.9. The van der Waals surface area contributed by atoms with Crippen molar-refractivity contribution in [2.24, 2.45) is 0 Å². The lowest BCUT2D eigenvalue weighted by Crippen LogP contribution is -2.36. The van der Waals surface area contributed by atoms with E-state index in [1.54, 1.807) is 12.1 Å². The lowest BCUT2D eigenvalue weighted by Gasteiger charge is -2.19. The largest absolute Gasteiger partial charge is 0.492 e. The van der Waals surface area contributed by atoms with Crippen LogP contribution in [0.4, 0.5) is 4.39 Å². The molecule has 0 saturated heterocycles. The fourth-order valence-electron chi connectivity index (χ4n) is 2.62. The van der Waals surface area contributed by atoms with Crippen molar-refractivity contribution in [3.8, 4) is 5.75 Å². The van der Waals surface area contributed by atoms with Gasteiger partial charge in [0.1, 0.15) is 18.2 Å². The molecule has 0 aliphatic carbocycles. The van der Waals surface area contributed by atoms with Crippen LogP contribution in [0.1, 0.15) is 44.9 Å². The predicted molar refractivity (Wildman–Crippen MR) is 106 cm³/mol. The van der Waals surface area contributed by atoms with Gasteiger partial charge in [-0.05, 0) is 47.7 Å². The summed E-state index contributed by atoms with van der Waals surface area (Å²) in [6.45, 7) is 9.65. The second kappa shape index (κ2) is 9.51. The zero-order valence-electron chi connectivity index (χ0n) is 16.5. The summed E-state index contributed by atoms with van der Waals surface area (Å²) in [7, 11) is 0. The van der Waals surface area contributed by atoms with Gasteiger partial charge in [0, 0.05) is 6.54 Å². The van der Waals surface area contributed by atoms with E-state index in [-0.39, 0.29) is 29.7 Å². The van der Waals surface area contributed by atoms with E-state index in [1.807, 2.05) is 19.1 Å². The van der Waals surface area contributed by atoms with Crippen LogP contribution >= 0.6 is 0 Å². The SMILES string of the molecule is C[C@H](NC(=O)CNCCOc1ccc(C(C)(C)C)cc1)c1ccc(F)cc1. The van der Waals surface area contributed by atoms with E-state index in [0.717, 1.165) is 11.3 Å². The first-order valence-electron chi connectivity index (χ1n) is 9.24. The number of ether oxygens (including phenoxy) is 1. The summed E-state index contributed by atoms with van der Waals surface area (Å²) in [6.07, 6.45) is 0. The molecule has 0 bridgehead atoms. The van der Waals surface area contributed by atoms with Gasteiger partial charge in [0.25, 0.3) is 0 Å². The van der Waals surface area contributed by atoms with Crippen LogP contribution in [0.25, 0.3) is 0 Å². The molecule has 0 radical (unpaired) electrons. The van der Waals surface area contributed by atoms with E-state index >= 15 is 0 Å². The molecular formula is C22H29FN2O2. The van der Waals surface area contributed by atoms with Crippen molar-refractivity contribution >= 4 is 5.91 Å². The summed E-state index contributed by atoms with van der Waals surface area (Å²) in [5.41, 5.74) is 2.25. The summed E-state index contributed by atoms with van der Waals surface area (Å²) in [4.78, 5) is 12.0. The minimum Gasteiger partial charge on any atom is -0.492 e. The lowest BCUT2D eigenvalue weighted by molar-refractivity contribution is -0.120. The number of nitrogens with one attached hydrogen (secondary N) is 2. The predicted octanol–water partition coefficient (Wildman–Crippen LogP) is 3.97. The van der Waals surface area contributed by atoms with Crippen molar-refractivity contribution in [3.63, 3.8) is 0 Å². The number of amides is 1. The van der Waals surface area contributed by atoms with E-state index in [1.165, 1.54) is 17.7 Å². The summed E-state index contributed by atoms with van der Waals surface area (Å²) in [5, 5.41) is 5.94. The molecular weight excluding hydrogens is 343 g/mol. The van der Waals surface area contributed by atoms with Gasteiger partial charge in [-0.15, -0.1) is 0 Å². The molecule has 0 saturated carbocycles. The number of rotatable bonds is 8. The molecule has 2 rings (SSSR count). The van der Waals surface area contributed by atoms with Crippen LogP contribution in [-0.2, 0) is 10.2 Å². The van der Waals surface area contributed by atoms with Crippen molar-refractivity contribution in [2.45, 2.75) is 39.2 Å². The molecule has 0 aromatic heterocycles. The normalized spacial score (nSPS) is 12.5. The highest BCUT2D eigenvalue weighted by molar-refractivity contribution is 5.78. The number of halogens is 1. The van der Waals surface area contributed by atoms with Gasteiger partial charge in [-0.3, -0.25) is 4.79 Å². The van der Waals surface area contributed by atoms with Gasteiger partial charge in [-0.25, -0.2) is 4.39 Å². The number of hydrogen-bond acceptors (Lipinski definition) is 3. The minimum absolute atomic E-state index is 0.110. The molecule has 0 aliphatic rings. The Labute approximate surface area is 161 Å². The third-order valence-electron chi connectivity index (χ3n) is 4.30. The quantitative estimate of drug-likeness (QED) is 0.690. The Bertz CT molecular complexity index is 721. The van der Waals surface area contributed by atoms with Gasteiger partial charge in [-0.2, -0.15) is 0 Å². The topological polar surface area (TPSA) is 50.4 Å². The molecule has 0 spiro atoms. The van der Waals surface area contributed by atoms with Gasteiger partial charge in [0.05, 0.1) is 12.6 Å². The molecule has 2 N–H and O–H groups in total. The van der Waals surface area contributed by atoms with Crippen molar-refractivity contribution < 1.29 is 13.9 Å². The van der Waals surface area contributed by atoms with Crippen molar-refractivity contribution in [1.29, 1.82) is 0 Å². The Morgan fingerprint density at radius 2 is 1.70 bits per heavy atom. The third-order valence-corrected chi connectivity index (χ3v) is 4.30. The molecule has 0 unspecified atom stereocenters. The van der Waals surface area contributed by atoms with E-state index in [9.17, 15) is 9.18 Å². The van der Waals surface area contributed by atoms with E-state index in [2.05, 4.69) is 43.5 Å². The molecule has 1 atom stereocenters. The van der Waals surface area contributed by atoms with Crippen molar-refractivity contribution in [2.75, 3.05) is 19.7 Å². The van der Waals surface area contributed by atoms with Gasteiger partial charge in [0.2, 0.25) is 5.91 Å². The average Bonchev–Trinajstić information content (AvgIpc) is 2.61. The number of hydrogen-bond donors (Lipinski definition) is 2. The smallest absolute Gasteiger partial charge is 0.234 e. The summed E-state index contributed by atoms with van der Waals surface area (Å²) < 4.78 is 18.6. The van der Waals surface area contributed by atoms with Crippen LogP contribution in [0.2, 0.25) is 0 Å². The minimum atomic E-state index is -0.285. The third kappa shape index (κ3) is 7.02. The summed E-state index contributed by atoms with van der Waals surface area (Å²) in [6, 6.07) is 14.1. The van der Waals surface area contributed by atoms with E-state index in [4.69, 9.17) is 4.74 Å². The number of benzene rings is 2. The fraction of sp³-hybridized carbons (Fsp3) is 0.409. The van der Waals surface area contributed by atoms with E-state index in [0.29, 0.717) is 13.2 Å². The van der Waals surface area contributed by atoms with Crippen LogP contribution in [0.15, 0.2) is 48.5 Å². The molecule has 2 aromatic rings. The first-order valence-corrected chi connectivity index (χ1v) is 9.24. The maximum atomic E-state index is 12.9. The number of carbonyl (C=O) groups excluding carboxylic acids is 1. The Morgan fingerprint density at radius 3 is 2.30 bits per heavy atom. The van der Waals surface area contributed by atoms with Crippen LogP contribution in [0, 0.1) is 5.82 Å². The first-order chi connectivity index (χ1) is 12.8. The standard InChI is InChI=1S/C22H29FN2O2/c1-16(17-5-9-19(23)10-6-17)25-21(26)15-24-13-14-27-20-11-7-18(8-12-20)22(2,3)4/h5-12,16,24H,13-15H2,1-4H3,(H,25,26)/t16-/m0/s1. The maximum Gasteiger partial charge on any atom is 0.234 e. The zero-order chi connectivity index (χ0) is 19.9. The Balaban J connectivity index is 1.64. The Morgan fingerprint density at radius 1 is 1.07 bits per heavy atom. The van der Waals surface area contributed by atoms with Gasteiger partial charge in [-0.1, -0.05) is 45.0 Å². The van der Waals surface area contributed by atoms with Crippen LogP contribution in [0.3, 0.4) is 0 Å². The molecule has 0 fully saturated rings. The summed E-state index contributed by atoms with van der Waals surface area (Å²) >= 11 is 0. The zero-order valence-corrected chi connectivity index (χ0v) is 16.5. The average molecular weight is 372 g/mol. The summed E-state index contributed by atoms with van der Waals surface area (Å²) in [5.74, 6) is 0.424. The van der Waals surface area contributed by atoms with Crippen LogP contribution in [-0.4, -0.2) is 25.6 Å². The Kier molecular flexibility index (Phi) is 7.36. The van der Waals surface area contributed by atoms with Gasteiger partial charge < -0.3 is 15.4 Å². The van der Waals surface area contributed by atoms with E-state index < -0.39 is 0 Å². The molecule has 1 amide bonds. The molecule has 4 nitrogen and oxygen atoms in total. The van der Waals surface area contributed by atoms with Crippen molar-refractivity contribution in [3.05, 3.63) is 65.5 Å².